The van der Waals surface area contributed by atoms with Crippen molar-refractivity contribution in [1.29, 1.82) is 0 Å². The Kier molecular flexibility index (Phi) is 11.5. The van der Waals surface area contributed by atoms with Crippen LogP contribution in [0.3, 0.4) is 0 Å². The maximum atomic E-state index is 12.3. The van der Waals surface area contributed by atoms with Gasteiger partial charge in [0.15, 0.2) is 0 Å². The van der Waals surface area contributed by atoms with Gasteiger partial charge in [-0.2, -0.15) is 0 Å². The smallest absolute Gasteiger partial charge is 0.338 e. The molecule has 30 heavy (non-hydrogen) atoms. The molecule has 1 atom stereocenters. The lowest BCUT2D eigenvalue weighted by Gasteiger charge is -2.11. The minimum Gasteiger partial charge on any atom is -0.461 e. The van der Waals surface area contributed by atoms with Crippen LogP contribution in [0.15, 0.2) is 42.6 Å². The number of unbranched alkanes of at least 4 members (excludes halogenated alkanes) is 6. The molecule has 0 N–H and O–H groups in total. The van der Waals surface area contributed by atoms with Gasteiger partial charge in [-0.05, 0) is 43.0 Å². The van der Waals surface area contributed by atoms with Gasteiger partial charge >= 0.3 is 5.97 Å². The van der Waals surface area contributed by atoms with Gasteiger partial charge in [-0.1, -0.05) is 77.0 Å². The van der Waals surface area contributed by atoms with Crippen LogP contribution in [0.1, 0.15) is 87.6 Å². The molecule has 0 spiro atoms. The highest BCUT2D eigenvalue weighted by Crippen LogP contribution is 2.19. The number of benzene rings is 1. The first kappa shape index (κ1) is 24.4. The fourth-order valence-electron chi connectivity index (χ4n) is 3.40. The Labute approximate surface area is 187 Å². The molecule has 0 saturated heterocycles. The van der Waals surface area contributed by atoms with Crippen molar-refractivity contribution in [2.45, 2.75) is 83.4 Å². The number of nitrogens with zero attached hydrogens (tertiary/aromatic N) is 1. The highest BCUT2D eigenvalue weighted by atomic mass is 35.5. The highest BCUT2D eigenvalue weighted by molar-refractivity contribution is 6.20. The number of pyridine rings is 1. The summed E-state index contributed by atoms with van der Waals surface area (Å²) in [4.78, 5) is 16.9. The van der Waals surface area contributed by atoms with E-state index in [2.05, 4.69) is 24.9 Å². The predicted octanol–water partition coefficient (Wildman–Crippen LogP) is 7.61. The molecule has 1 heterocycles. The fraction of sp³-hybridized carbons (Fsp3) is 0.538. The van der Waals surface area contributed by atoms with E-state index in [4.69, 9.17) is 16.3 Å². The zero-order chi connectivity index (χ0) is 21.6. The molecule has 2 rings (SSSR count). The first-order chi connectivity index (χ1) is 14.6. The van der Waals surface area contributed by atoms with E-state index < -0.39 is 0 Å². The van der Waals surface area contributed by atoms with E-state index in [0.717, 1.165) is 30.5 Å². The van der Waals surface area contributed by atoms with Gasteiger partial charge in [0.05, 0.1) is 16.6 Å². The van der Waals surface area contributed by atoms with Crippen LogP contribution in [0.5, 0.6) is 0 Å². The number of esters is 1. The van der Waals surface area contributed by atoms with Gasteiger partial charge < -0.3 is 4.74 Å². The van der Waals surface area contributed by atoms with Crippen LogP contribution < -0.4 is 0 Å². The van der Waals surface area contributed by atoms with E-state index in [1.54, 1.807) is 12.1 Å². The molecule has 1 aromatic heterocycles. The van der Waals surface area contributed by atoms with Crippen LogP contribution in [-0.2, 0) is 11.2 Å². The number of alkyl halides is 1. The molecule has 0 aliphatic carbocycles. The molecule has 0 amide bonds. The number of aryl methyl sites for hydroxylation is 1. The summed E-state index contributed by atoms with van der Waals surface area (Å²) in [6.45, 7) is 4.68. The third-order valence-corrected chi connectivity index (χ3v) is 5.67. The minimum absolute atomic E-state index is 0.116. The topological polar surface area (TPSA) is 39.2 Å². The average Bonchev–Trinajstić information content (AvgIpc) is 2.78. The molecule has 0 aliphatic rings. The van der Waals surface area contributed by atoms with Gasteiger partial charge in [-0.3, -0.25) is 4.98 Å². The maximum Gasteiger partial charge on any atom is 0.338 e. The number of rotatable bonds is 14. The molecule has 0 fully saturated rings. The molecule has 3 nitrogen and oxygen atoms in total. The lowest BCUT2D eigenvalue weighted by molar-refractivity contribution is 0.0501. The van der Waals surface area contributed by atoms with E-state index in [9.17, 15) is 4.79 Å². The quantitative estimate of drug-likeness (QED) is 0.176. The number of hydrogen-bond acceptors (Lipinski definition) is 3. The molecule has 164 valence electrons. The standard InChI is InChI=1S/C26H36ClNO2/c1-3-5-7-8-10-12-24(27)20-30-26(29)23-16-14-22(15-17-23)25-18-13-21(19-28-25)11-9-6-4-2/h13-19,24H,3-12,20H2,1-2H3/t24-/m0/s1. The molecule has 2 aromatic rings. The summed E-state index contributed by atoms with van der Waals surface area (Å²) >= 11 is 6.30. The van der Waals surface area contributed by atoms with Gasteiger partial charge in [0.2, 0.25) is 0 Å². The van der Waals surface area contributed by atoms with E-state index in [1.165, 1.54) is 50.5 Å². The third-order valence-electron chi connectivity index (χ3n) is 5.33. The van der Waals surface area contributed by atoms with Crippen LogP contribution in [0.25, 0.3) is 11.3 Å². The van der Waals surface area contributed by atoms with E-state index in [1.807, 2.05) is 24.4 Å². The summed E-state index contributed by atoms with van der Waals surface area (Å²) in [6.07, 6.45) is 13.6. The number of carbonyl (C=O) groups is 1. The van der Waals surface area contributed by atoms with Crippen LogP contribution in [-0.4, -0.2) is 22.9 Å². The summed E-state index contributed by atoms with van der Waals surface area (Å²) < 4.78 is 5.39. The number of halogens is 1. The second kappa shape index (κ2) is 14.2. The second-order valence-corrected chi connectivity index (χ2v) is 8.60. The van der Waals surface area contributed by atoms with Gasteiger partial charge in [-0.25, -0.2) is 4.79 Å². The number of ether oxygens (including phenoxy) is 1. The Morgan fingerprint density at radius 1 is 0.933 bits per heavy atom. The highest BCUT2D eigenvalue weighted by Gasteiger charge is 2.12. The third kappa shape index (κ3) is 8.87. The zero-order valence-electron chi connectivity index (χ0n) is 18.5. The maximum absolute atomic E-state index is 12.3. The lowest BCUT2D eigenvalue weighted by Crippen LogP contribution is -2.14. The van der Waals surface area contributed by atoms with Gasteiger partial charge in [0, 0.05) is 11.8 Å². The van der Waals surface area contributed by atoms with Gasteiger partial charge in [0.25, 0.3) is 0 Å². The summed E-state index contributed by atoms with van der Waals surface area (Å²) in [6, 6.07) is 11.6. The van der Waals surface area contributed by atoms with Crippen molar-refractivity contribution < 1.29 is 9.53 Å². The van der Waals surface area contributed by atoms with Crippen molar-refractivity contribution in [1.82, 2.24) is 4.98 Å². The molecule has 0 aliphatic heterocycles. The molecular formula is C26H36ClNO2. The first-order valence-electron chi connectivity index (χ1n) is 11.5. The van der Waals surface area contributed by atoms with Crippen molar-refractivity contribution in [3.63, 3.8) is 0 Å². The molecule has 0 radical (unpaired) electrons. The first-order valence-corrected chi connectivity index (χ1v) is 11.9. The van der Waals surface area contributed by atoms with E-state index >= 15 is 0 Å². The number of aromatic nitrogens is 1. The lowest BCUT2D eigenvalue weighted by atomic mass is 10.1. The molecular weight excluding hydrogens is 394 g/mol. The Hall–Kier alpha value is -1.87. The van der Waals surface area contributed by atoms with Crippen LogP contribution in [0.4, 0.5) is 0 Å². The zero-order valence-corrected chi connectivity index (χ0v) is 19.3. The number of hydrogen-bond donors (Lipinski definition) is 0. The Balaban J connectivity index is 1.78. The second-order valence-electron chi connectivity index (χ2n) is 7.98. The molecule has 1 aromatic carbocycles. The van der Waals surface area contributed by atoms with Gasteiger partial charge in [0.1, 0.15) is 6.61 Å². The summed E-state index contributed by atoms with van der Waals surface area (Å²) in [5, 5.41) is -0.116. The Morgan fingerprint density at radius 2 is 1.63 bits per heavy atom. The van der Waals surface area contributed by atoms with E-state index in [-0.39, 0.29) is 18.0 Å². The monoisotopic (exact) mass is 429 g/mol. The van der Waals surface area contributed by atoms with Crippen LogP contribution in [0, 0.1) is 0 Å². The van der Waals surface area contributed by atoms with Crippen molar-refractivity contribution in [3.8, 4) is 11.3 Å². The SMILES string of the molecule is CCCCCCC[C@H](Cl)COC(=O)c1ccc(-c2ccc(CCCCC)cn2)cc1. The molecule has 4 heteroatoms. The largest absolute Gasteiger partial charge is 0.461 e. The average molecular weight is 430 g/mol. The minimum atomic E-state index is -0.322. The van der Waals surface area contributed by atoms with Crippen LogP contribution >= 0.6 is 11.6 Å². The van der Waals surface area contributed by atoms with Crippen LogP contribution in [0.2, 0.25) is 0 Å². The molecule has 0 unspecified atom stereocenters. The van der Waals surface area contributed by atoms with Crippen molar-refractivity contribution in [3.05, 3.63) is 53.7 Å². The predicted molar refractivity (Wildman–Crippen MR) is 126 cm³/mol. The normalized spacial score (nSPS) is 12.0. The molecule has 0 saturated carbocycles. The van der Waals surface area contributed by atoms with Crippen molar-refractivity contribution >= 4 is 17.6 Å². The number of carbonyl (C=O) groups excluding carboxylic acids is 1. The van der Waals surface area contributed by atoms with Crippen molar-refractivity contribution in [2.75, 3.05) is 6.61 Å². The Bertz CT molecular complexity index is 728. The molecule has 0 bridgehead atoms. The fourth-order valence-corrected chi connectivity index (χ4v) is 3.62. The Morgan fingerprint density at radius 3 is 2.30 bits per heavy atom. The summed E-state index contributed by atoms with van der Waals surface area (Å²) in [7, 11) is 0. The van der Waals surface area contributed by atoms with E-state index in [0.29, 0.717) is 5.56 Å². The van der Waals surface area contributed by atoms with Crippen molar-refractivity contribution in [2.24, 2.45) is 0 Å². The van der Waals surface area contributed by atoms with Gasteiger partial charge in [-0.15, -0.1) is 11.6 Å². The summed E-state index contributed by atoms with van der Waals surface area (Å²) in [5.74, 6) is -0.322. The summed E-state index contributed by atoms with van der Waals surface area (Å²) in [5.41, 5.74) is 3.72.